The van der Waals surface area contributed by atoms with Crippen LogP contribution in [0.5, 0.6) is 0 Å². The van der Waals surface area contributed by atoms with Crippen LogP contribution in [-0.2, 0) is 11.2 Å². The van der Waals surface area contributed by atoms with Crippen molar-refractivity contribution in [2.45, 2.75) is 38.5 Å². The van der Waals surface area contributed by atoms with Crippen molar-refractivity contribution in [2.24, 2.45) is 0 Å². The largest absolute Gasteiger partial charge is 0.303 e. The Morgan fingerprint density at radius 3 is 2.47 bits per heavy atom. The van der Waals surface area contributed by atoms with E-state index in [2.05, 4.69) is 4.90 Å². The molecule has 1 heterocycles. The van der Waals surface area contributed by atoms with E-state index in [4.69, 9.17) is 11.6 Å². The number of hydrogen-bond acceptors (Lipinski definition) is 2. The highest BCUT2D eigenvalue weighted by Gasteiger charge is 2.10. The zero-order valence-electron chi connectivity index (χ0n) is 11.4. The molecule has 3 heteroatoms. The molecular formula is C16H22ClNO. The molecule has 0 atom stereocenters. The summed E-state index contributed by atoms with van der Waals surface area (Å²) in [6, 6.07) is 7.56. The van der Waals surface area contributed by atoms with Crippen LogP contribution in [0.4, 0.5) is 0 Å². The lowest BCUT2D eigenvalue weighted by molar-refractivity contribution is -0.118. The van der Waals surface area contributed by atoms with E-state index in [9.17, 15) is 4.79 Å². The van der Waals surface area contributed by atoms with Gasteiger partial charge in [0.25, 0.3) is 0 Å². The Kier molecular flexibility index (Phi) is 5.87. The molecule has 2 rings (SSSR count). The van der Waals surface area contributed by atoms with Crippen LogP contribution in [0.2, 0.25) is 5.02 Å². The number of carbonyl (C=O) groups excluding carboxylic acids is 1. The Morgan fingerprint density at radius 2 is 1.79 bits per heavy atom. The Morgan fingerprint density at radius 1 is 1.11 bits per heavy atom. The number of likely N-dealkylation sites (tertiary alicyclic amines) is 1. The van der Waals surface area contributed by atoms with Crippen molar-refractivity contribution in [1.82, 2.24) is 4.90 Å². The maximum atomic E-state index is 11.9. The first-order valence-electron chi connectivity index (χ1n) is 7.22. The van der Waals surface area contributed by atoms with Crippen molar-refractivity contribution in [3.63, 3.8) is 0 Å². The van der Waals surface area contributed by atoms with E-state index in [-0.39, 0.29) is 0 Å². The van der Waals surface area contributed by atoms with E-state index in [1.807, 2.05) is 24.3 Å². The first kappa shape index (κ1) is 14.5. The number of nitrogens with zero attached hydrogens (tertiary/aromatic N) is 1. The summed E-state index contributed by atoms with van der Waals surface area (Å²) in [5, 5.41) is 0.723. The average Bonchev–Trinajstić information content (AvgIpc) is 2.43. The molecule has 0 spiro atoms. The van der Waals surface area contributed by atoms with E-state index < -0.39 is 0 Å². The molecule has 0 amide bonds. The Hall–Kier alpha value is -0.860. The summed E-state index contributed by atoms with van der Waals surface area (Å²) in [6.45, 7) is 3.50. The standard InChI is InChI=1S/C16H22ClNO/c17-15-8-6-14(7-9-15)13-16(19)5-4-12-18-10-2-1-3-11-18/h6-9H,1-5,10-13H2. The van der Waals surface area contributed by atoms with Crippen molar-refractivity contribution >= 4 is 17.4 Å². The lowest BCUT2D eigenvalue weighted by Crippen LogP contribution is -2.30. The van der Waals surface area contributed by atoms with Crippen LogP contribution in [0.3, 0.4) is 0 Å². The second-order valence-corrected chi connectivity index (χ2v) is 5.78. The predicted molar refractivity (Wildman–Crippen MR) is 79.7 cm³/mol. The number of halogens is 1. The Balaban J connectivity index is 1.65. The van der Waals surface area contributed by atoms with E-state index >= 15 is 0 Å². The van der Waals surface area contributed by atoms with Gasteiger partial charge in [0.1, 0.15) is 5.78 Å². The third kappa shape index (κ3) is 5.33. The minimum Gasteiger partial charge on any atom is -0.303 e. The number of hydrogen-bond donors (Lipinski definition) is 0. The minimum absolute atomic E-state index is 0.333. The van der Waals surface area contributed by atoms with Gasteiger partial charge in [0.15, 0.2) is 0 Å². The van der Waals surface area contributed by atoms with Gasteiger partial charge >= 0.3 is 0 Å². The first-order valence-corrected chi connectivity index (χ1v) is 7.60. The molecule has 1 aromatic carbocycles. The molecule has 0 aromatic heterocycles. The van der Waals surface area contributed by atoms with Gasteiger partial charge in [0.05, 0.1) is 0 Å². The van der Waals surface area contributed by atoms with Crippen LogP contribution < -0.4 is 0 Å². The normalized spacial score (nSPS) is 16.5. The van der Waals surface area contributed by atoms with Gasteiger partial charge in [0.2, 0.25) is 0 Å². The SMILES string of the molecule is O=C(CCCN1CCCCC1)Cc1ccc(Cl)cc1. The van der Waals surface area contributed by atoms with Crippen LogP contribution in [-0.4, -0.2) is 30.3 Å². The number of Topliss-reactive ketones (excluding diaryl/α,β-unsaturated/α-hetero) is 1. The molecule has 0 radical (unpaired) electrons. The molecule has 1 fully saturated rings. The lowest BCUT2D eigenvalue weighted by Gasteiger charge is -2.26. The second-order valence-electron chi connectivity index (χ2n) is 5.35. The zero-order valence-corrected chi connectivity index (χ0v) is 12.2. The summed E-state index contributed by atoms with van der Waals surface area (Å²) < 4.78 is 0. The molecule has 0 saturated carbocycles. The van der Waals surface area contributed by atoms with Crippen LogP contribution in [0.25, 0.3) is 0 Å². The molecule has 1 aliphatic heterocycles. The molecule has 2 nitrogen and oxygen atoms in total. The van der Waals surface area contributed by atoms with Crippen LogP contribution in [0.1, 0.15) is 37.7 Å². The van der Waals surface area contributed by atoms with E-state index in [0.29, 0.717) is 18.6 Å². The molecule has 1 saturated heterocycles. The van der Waals surface area contributed by atoms with Gasteiger partial charge in [-0.15, -0.1) is 0 Å². The molecular weight excluding hydrogens is 258 g/mol. The van der Waals surface area contributed by atoms with E-state index in [0.717, 1.165) is 23.6 Å². The number of ketones is 1. The summed E-state index contributed by atoms with van der Waals surface area (Å²) in [7, 11) is 0. The average molecular weight is 280 g/mol. The van der Waals surface area contributed by atoms with Gasteiger partial charge in [0, 0.05) is 17.9 Å². The highest BCUT2D eigenvalue weighted by atomic mass is 35.5. The minimum atomic E-state index is 0.333. The highest BCUT2D eigenvalue weighted by molar-refractivity contribution is 6.30. The molecule has 1 aromatic rings. The fraction of sp³-hybridized carbons (Fsp3) is 0.562. The van der Waals surface area contributed by atoms with Crippen molar-refractivity contribution in [2.75, 3.05) is 19.6 Å². The third-order valence-electron chi connectivity index (χ3n) is 3.69. The third-order valence-corrected chi connectivity index (χ3v) is 3.95. The van der Waals surface area contributed by atoms with Crippen molar-refractivity contribution < 1.29 is 4.79 Å². The Bertz CT molecular complexity index is 396. The summed E-state index contributed by atoms with van der Waals surface area (Å²) in [6.07, 6.45) is 6.23. The van der Waals surface area contributed by atoms with E-state index in [1.165, 1.54) is 32.4 Å². The molecule has 104 valence electrons. The topological polar surface area (TPSA) is 20.3 Å². The van der Waals surface area contributed by atoms with Gasteiger partial charge in [-0.3, -0.25) is 4.79 Å². The van der Waals surface area contributed by atoms with Gasteiger partial charge in [-0.05, 0) is 56.6 Å². The monoisotopic (exact) mass is 279 g/mol. The highest BCUT2D eigenvalue weighted by Crippen LogP contribution is 2.12. The predicted octanol–water partition coefficient (Wildman–Crippen LogP) is 3.72. The molecule has 1 aliphatic rings. The van der Waals surface area contributed by atoms with Crippen molar-refractivity contribution in [3.05, 3.63) is 34.9 Å². The zero-order chi connectivity index (χ0) is 13.5. The molecule has 0 aliphatic carbocycles. The Labute approximate surface area is 120 Å². The van der Waals surface area contributed by atoms with Crippen molar-refractivity contribution in [1.29, 1.82) is 0 Å². The number of rotatable bonds is 6. The number of benzene rings is 1. The van der Waals surface area contributed by atoms with Crippen LogP contribution in [0, 0.1) is 0 Å². The summed E-state index contributed by atoms with van der Waals surface area (Å²) in [5.74, 6) is 0.333. The molecule has 0 bridgehead atoms. The fourth-order valence-electron chi connectivity index (χ4n) is 2.60. The maximum absolute atomic E-state index is 11.9. The summed E-state index contributed by atoms with van der Waals surface area (Å²) in [4.78, 5) is 14.4. The number of carbonyl (C=O) groups is 1. The smallest absolute Gasteiger partial charge is 0.137 e. The fourth-order valence-corrected chi connectivity index (χ4v) is 2.73. The lowest BCUT2D eigenvalue weighted by atomic mass is 10.1. The second kappa shape index (κ2) is 7.66. The van der Waals surface area contributed by atoms with Crippen LogP contribution in [0.15, 0.2) is 24.3 Å². The van der Waals surface area contributed by atoms with Gasteiger partial charge < -0.3 is 4.90 Å². The van der Waals surface area contributed by atoms with Crippen LogP contribution >= 0.6 is 11.6 Å². The first-order chi connectivity index (χ1) is 9.24. The van der Waals surface area contributed by atoms with Gasteiger partial charge in [-0.1, -0.05) is 30.2 Å². The molecule has 0 N–H and O–H groups in total. The van der Waals surface area contributed by atoms with Gasteiger partial charge in [-0.2, -0.15) is 0 Å². The number of piperidine rings is 1. The molecule has 0 unspecified atom stereocenters. The summed E-state index contributed by atoms with van der Waals surface area (Å²) in [5.41, 5.74) is 1.06. The quantitative estimate of drug-likeness (QED) is 0.791. The van der Waals surface area contributed by atoms with Gasteiger partial charge in [-0.25, -0.2) is 0 Å². The van der Waals surface area contributed by atoms with Crippen molar-refractivity contribution in [3.8, 4) is 0 Å². The molecule has 19 heavy (non-hydrogen) atoms. The summed E-state index contributed by atoms with van der Waals surface area (Å²) >= 11 is 5.83. The maximum Gasteiger partial charge on any atom is 0.137 e. The van der Waals surface area contributed by atoms with E-state index in [1.54, 1.807) is 0 Å².